The summed E-state index contributed by atoms with van der Waals surface area (Å²) in [6, 6.07) is 11.2. The van der Waals surface area contributed by atoms with Crippen LogP contribution in [0.1, 0.15) is 35.8 Å². The van der Waals surface area contributed by atoms with Crippen LogP contribution >= 0.6 is 0 Å². The molecule has 11 heteroatoms. The molecule has 0 atom stereocenters. The summed E-state index contributed by atoms with van der Waals surface area (Å²) in [6.07, 6.45) is 0.0937. The predicted molar refractivity (Wildman–Crippen MR) is 127 cm³/mol. The Kier molecular flexibility index (Phi) is 5.96. The standard InChI is InChI=1S/C23H23N5O5S/c1-13-4-5-16(22-14(2)26-28-21(31)11-10-20(30)25-23(22)28)12-19(13)34(32,33)27-18-8-6-17(7-9-18)24-15(3)29/h4-9,12,27H,10-11H2,1-3H3,(H,24,29)(H,25,30). The molecule has 0 bridgehead atoms. The molecule has 0 radical (unpaired) electrons. The minimum Gasteiger partial charge on any atom is -0.326 e. The van der Waals surface area contributed by atoms with Crippen molar-refractivity contribution in [3.8, 4) is 11.1 Å². The van der Waals surface area contributed by atoms with Crippen molar-refractivity contribution in [2.24, 2.45) is 0 Å². The topological polar surface area (TPSA) is 139 Å². The summed E-state index contributed by atoms with van der Waals surface area (Å²) >= 11 is 0. The Morgan fingerprint density at radius 2 is 1.71 bits per heavy atom. The third-order valence-corrected chi connectivity index (χ3v) is 6.87. The number of hydrogen-bond acceptors (Lipinski definition) is 6. The molecule has 4 rings (SSSR count). The monoisotopic (exact) mass is 481 g/mol. The zero-order chi connectivity index (χ0) is 24.6. The van der Waals surface area contributed by atoms with E-state index in [1.807, 2.05) is 0 Å². The van der Waals surface area contributed by atoms with Crippen molar-refractivity contribution >= 4 is 44.9 Å². The molecule has 1 aliphatic heterocycles. The Labute approximate surface area is 196 Å². The maximum Gasteiger partial charge on any atom is 0.262 e. The molecule has 34 heavy (non-hydrogen) atoms. The number of benzene rings is 2. The van der Waals surface area contributed by atoms with Gasteiger partial charge in [-0.25, -0.2) is 8.42 Å². The second-order valence-electron chi connectivity index (χ2n) is 8.01. The Hall–Kier alpha value is -3.99. The first-order valence-electron chi connectivity index (χ1n) is 10.5. The fraction of sp³-hybridized carbons (Fsp3) is 0.217. The Morgan fingerprint density at radius 1 is 1.03 bits per heavy atom. The van der Waals surface area contributed by atoms with E-state index >= 15 is 0 Å². The van der Waals surface area contributed by atoms with Crippen LogP contribution in [-0.2, 0) is 19.6 Å². The van der Waals surface area contributed by atoms with Crippen LogP contribution in [-0.4, -0.2) is 35.9 Å². The third-order valence-electron chi connectivity index (χ3n) is 5.34. The van der Waals surface area contributed by atoms with Crippen LogP contribution in [0.4, 0.5) is 17.2 Å². The predicted octanol–water partition coefficient (Wildman–Crippen LogP) is 3.30. The van der Waals surface area contributed by atoms with Gasteiger partial charge in [-0.15, -0.1) is 0 Å². The van der Waals surface area contributed by atoms with Crippen molar-refractivity contribution in [2.45, 2.75) is 38.5 Å². The lowest BCUT2D eigenvalue weighted by molar-refractivity contribution is -0.116. The van der Waals surface area contributed by atoms with Gasteiger partial charge in [0.1, 0.15) is 5.82 Å². The summed E-state index contributed by atoms with van der Waals surface area (Å²) in [5.41, 5.74) is 2.86. The molecule has 0 fully saturated rings. The average molecular weight is 482 g/mol. The summed E-state index contributed by atoms with van der Waals surface area (Å²) < 4.78 is 30.1. The van der Waals surface area contributed by atoms with E-state index < -0.39 is 10.0 Å². The molecule has 1 aliphatic rings. The first kappa shape index (κ1) is 23.2. The molecule has 2 aromatic carbocycles. The van der Waals surface area contributed by atoms with Crippen LogP contribution in [0, 0.1) is 13.8 Å². The highest BCUT2D eigenvalue weighted by Crippen LogP contribution is 2.35. The van der Waals surface area contributed by atoms with E-state index in [2.05, 4.69) is 20.5 Å². The molecule has 0 unspecified atom stereocenters. The number of fused-ring (bicyclic) bond motifs is 1. The fourth-order valence-electron chi connectivity index (χ4n) is 3.77. The lowest BCUT2D eigenvalue weighted by atomic mass is 10.0. The number of carbonyl (C=O) groups is 3. The number of sulfonamides is 1. The average Bonchev–Trinajstić information content (AvgIpc) is 3.01. The highest BCUT2D eigenvalue weighted by Gasteiger charge is 2.27. The number of rotatable bonds is 5. The van der Waals surface area contributed by atoms with E-state index in [9.17, 15) is 22.8 Å². The van der Waals surface area contributed by atoms with E-state index in [1.165, 1.54) is 17.7 Å². The maximum atomic E-state index is 13.2. The van der Waals surface area contributed by atoms with E-state index in [4.69, 9.17) is 0 Å². The Bertz CT molecular complexity index is 1420. The van der Waals surface area contributed by atoms with Gasteiger partial charge in [0.2, 0.25) is 17.7 Å². The maximum absolute atomic E-state index is 13.2. The zero-order valence-electron chi connectivity index (χ0n) is 18.8. The van der Waals surface area contributed by atoms with Gasteiger partial charge >= 0.3 is 0 Å². The minimum atomic E-state index is -3.98. The van der Waals surface area contributed by atoms with Gasteiger partial charge in [0, 0.05) is 36.7 Å². The van der Waals surface area contributed by atoms with E-state index in [-0.39, 0.29) is 41.3 Å². The molecule has 3 N–H and O–H groups in total. The third kappa shape index (κ3) is 4.55. The smallest absolute Gasteiger partial charge is 0.262 e. The summed E-state index contributed by atoms with van der Waals surface area (Å²) in [4.78, 5) is 35.7. The van der Waals surface area contributed by atoms with Crippen molar-refractivity contribution in [3.05, 3.63) is 53.7 Å². The van der Waals surface area contributed by atoms with Crippen molar-refractivity contribution in [3.63, 3.8) is 0 Å². The van der Waals surface area contributed by atoms with Crippen LogP contribution in [0.15, 0.2) is 47.4 Å². The van der Waals surface area contributed by atoms with E-state index in [0.717, 1.165) is 0 Å². The van der Waals surface area contributed by atoms with Crippen LogP contribution < -0.4 is 15.4 Å². The fourth-order valence-corrected chi connectivity index (χ4v) is 5.10. The number of aromatic nitrogens is 2. The van der Waals surface area contributed by atoms with Crippen molar-refractivity contribution in [1.29, 1.82) is 0 Å². The zero-order valence-corrected chi connectivity index (χ0v) is 19.6. The number of anilines is 3. The summed E-state index contributed by atoms with van der Waals surface area (Å²) in [6.45, 7) is 4.75. The molecular weight excluding hydrogens is 458 g/mol. The van der Waals surface area contributed by atoms with Gasteiger partial charge < -0.3 is 10.6 Å². The van der Waals surface area contributed by atoms with Gasteiger partial charge in [0.05, 0.1) is 10.6 Å². The molecule has 0 saturated heterocycles. The number of nitrogens with one attached hydrogen (secondary N) is 3. The lowest BCUT2D eigenvalue weighted by Crippen LogP contribution is -2.15. The van der Waals surface area contributed by atoms with Crippen molar-refractivity contribution in [1.82, 2.24) is 9.78 Å². The Morgan fingerprint density at radius 3 is 2.38 bits per heavy atom. The number of nitrogens with zero attached hydrogens (tertiary/aromatic N) is 2. The van der Waals surface area contributed by atoms with Crippen molar-refractivity contribution < 1.29 is 22.8 Å². The second kappa shape index (κ2) is 8.75. The van der Waals surface area contributed by atoms with E-state index in [0.29, 0.717) is 33.8 Å². The van der Waals surface area contributed by atoms with Crippen LogP contribution in [0.5, 0.6) is 0 Å². The SMILES string of the molecule is CC(=O)Nc1ccc(NS(=O)(=O)c2cc(-c3c(C)nn4c3NC(=O)CCC4=O)ccc2C)cc1. The summed E-state index contributed by atoms with van der Waals surface area (Å²) in [5.74, 6) is -0.615. The minimum absolute atomic E-state index is 0.0393. The first-order chi connectivity index (χ1) is 16.0. The molecule has 3 aromatic rings. The molecule has 2 amide bonds. The highest BCUT2D eigenvalue weighted by molar-refractivity contribution is 7.92. The number of hydrogen-bond donors (Lipinski definition) is 3. The van der Waals surface area contributed by atoms with E-state index in [1.54, 1.807) is 50.2 Å². The molecule has 0 spiro atoms. The molecule has 0 aliphatic carbocycles. The molecule has 2 heterocycles. The van der Waals surface area contributed by atoms with Crippen molar-refractivity contribution in [2.75, 3.05) is 15.4 Å². The second-order valence-corrected chi connectivity index (χ2v) is 9.66. The lowest BCUT2D eigenvalue weighted by Gasteiger charge is -2.13. The molecule has 0 saturated carbocycles. The quantitative estimate of drug-likeness (QED) is 0.511. The normalized spacial score (nSPS) is 13.6. The van der Waals surface area contributed by atoms with Gasteiger partial charge in [-0.05, 0) is 55.3 Å². The number of carbonyl (C=O) groups excluding carboxylic acids is 3. The van der Waals surface area contributed by atoms with Gasteiger partial charge in [-0.2, -0.15) is 9.78 Å². The first-order valence-corrected chi connectivity index (χ1v) is 12.0. The largest absolute Gasteiger partial charge is 0.326 e. The van der Waals surface area contributed by atoms with Gasteiger partial charge in [-0.3, -0.25) is 19.1 Å². The van der Waals surface area contributed by atoms with Crippen LogP contribution in [0.2, 0.25) is 0 Å². The van der Waals surface area contributed by atoms with Crippen LogP contribution in [0.3, 0.4) is 0 Å². The molecular formula is C23H23N5O5S. The van der Waals surface area contributed by atoms with Gasteiger partial charge in [-0.1, -0.05) is 12.1 Å². The van der Waals surface area contributed by atoms with Gasteiger partial charge in [0.15, 0.2) is 0 Å². The van der Waals surface area contributed by atoms with Gasteiger partial charge in [0.25, 0.3) is 10.0 Å². The Balaban J connectivity index is 1.71. The molecule has 1 aromatic heterocycles. The summed E-state index contributed by atoms with van der Waals surface area (Å²) in [5, 5.41) is 9.61. The van der Waals surface area contributed by atoms with Crippen LogP contribution in [0.25, 0.3) is 11.1 Å². The molecule has 176 valence electrons. The number of aryl methyl sites for hydroxylation is 2. The number of amides is 2. The summed E-state index contributed by atoms with van der Waals surface area (Å²) in [7, 11) is -3.98. The molecule has 10 nitrogen and oxygen atoms in total. The highest BCUT2D eigenvalue weighted by atomic mass is 32.2.